The molecular formula is C22H34O5. The molecule has 4 aliphatic carbocycles. The summed E-state index contributed by atoms with van der Waals surface area (Å²) in [6, 6.07) is 0. The van der Waals surface area contributed by atoms with E-state index in [9.17, 15) is 20.1 Å². The number of aliphatic hydroxyl groups excluding tert-OH is 3. The van der Waals surface area contributed by atoms with E-state index in [0.29, 0.717) is 18.8 Å². The van der Waals surface area contributed by atoms with Gasteiger partial charge in [-0.2, -0.15) is 0 Å². The van der Waals surface area contributed by atoms with Crippen LogP contribution >= 0.6 is 0 Å². The number of aliphatic hydroxyl groups is 3. The number of rotatable bonds is 2. The summed E-state index contributed by atoms with van der Waals surface area (Å²) in [5, 5.41) is 33.3. The van der Waals surface area contributed by atoms with Crippen molar-refractivity contribution in [2.75, 3.05) is 6.61 Å². The van der Waals surface area contributed by atoms with Crippen molar-refractivity contribution < 1.29 is 24.9 Å². The van der Waals surface area contributed by atoms with Gasteiger partial charge in [-0.1, -0.05) is 20.4 Å². The van der Waals surface area contributed by atoms with Crippen LogP contribution in [0.4, 0.5) is 0 Å². The highest BCUT2D eigenvalue weighted by Crippen LogP contribution is 2.72. The molecule has 5 nitrogen and oxygen atoms in total. The van der Waals surface area contributed by atoms with Gasteiger partial charge < -0.3 is 20.1 Å². The van der Waals surface area contributed by atoms with E-state index >= 15 is 0 Å². The largest absolute Gasteiger partial charge is 0.465 e. The molecule has 0 aromatic carbocycles. The first-order valence-corrected chi connectivity index (χ1v) is 10.4. The van der Waals surface area contributed by atoms with E-state index in [4.69, 9.17) is 4.74 Å². The van der Waals surface area contributed by atoms with Crippen LogP contribution in [0.15, 0.2) is 12.2 Å². The maximum absolute atomic E-state index is 11.5. The minimum absolute atomic E-state index is 0.0383. The van der Waals surface area contributed by atoms with Gasteiger partial charge in [0.05, 0.1) is 24.9 Å². The third kappa shape index (κ3) is 2.37. The second-order valence-corrected chi connectivity index (χ2v) is 10.3. The number of ether oxygens (including phenoxy) is 1. The predicted molar refractivity (Wildman–Crippen MR) is 101 cm³/mol. The van der Waals surface area contributed by atoms with Crippen LogP contribution < -0.4 is 0 Å². The lowest BCUT2D eigenvalue weighted by Crippen LogP contribution is -2.66. The molecule has 4 aliphatic rings. The molecule has 0 aromatic rings. The molecular weight excluding hydrogens is 344 g/mol. The molecule has 152 valence electrons. The van der Waals surface area contributed by atoms with Gasteiger partial charge in [-0.3, -0.25) is 4.79 Å². The van der Waals surface area contributed by atoms with Gasteiger partial charge in [0.25, 0.3) is 0 Å². The Balaban J connectivity index is 1.75. The van der Waals surface area contributed by atoms with Gasteiger partial charge in [-0.15, -0.1) is 0 Å². The molecule has 1 spiro atoms. The van der Waals surface area contributed by atoms with Crippen molar-refractivity contribution >= 4 is 5.97 Å². The maximum Gasteiger partial charge on any atom is 0.302 e. The predicted octanol–water partition coefficient (Wildman–Crippen LogP) is 2.43. The summed E-state index contributed by atoms with van der Waals surface area (Å²) in [5.41, 5.74) is -0.296. The lowest BCUT2D eigenvalue weighted by molar-refractivity contribution is -0.246. The van der Waals surface area contributed by atoms with E-state index in [1.807, 2.05) is 6.92 Å². The van der Waals surface area contributed by atoms with Crippen LogP contribution in [-0.2, 0) is 9.53 Å². The Labute approximate surface area is 161 Å². The smallest absolute Gasteiger partial charge is 0.302 e. The van der Waals surface area contributed by atoms with Gasteiger partial charge in [-0.25, -0.2) is 0 Å². The number of carbonyl (C=O) groups is 1. The quantitative estimate of drug-likeness (QED) is 0.507. The van der Waals surface area contributed by atoms with Crippen LogP contribution in [-0.4, -0.2) is 46.2 Å². The van der Waals surface area contributed by atoms with Crippen LogP contribution in [0.3, 0.4) is 0 Å². The molecule has 0 aliphatic heterocycles. The van der Waals surface area contributed by atoms with Crippen LogP contribution in [0.5, 0.6) is 0 Å². The van der Waals surface area contributed by atoms with Crippen LogP contribution in [0.2, 0.25) is 0 Å². The normalized spacial score (nSPS) is 54.2. The highest BCUT2D eigenvalue weighted by Gasteiger charge is 2.71. The van der Waals surface area contributed by atoms with E-state index < -0.39 is 29.1 Å². The molecule has 27 heavy (non-hydrogen) atoms. The molecule has 9 unspecified atom stereocenters. The molecule has 0 saturated heterocycles. The molecule has 4 saturated carbocycles. The molecule has 0 heterocycles. The molecule has 9 atom stereocenters. The van der Waals surface area contributed by atoms with Crippen molar-refractivity contribution in [1.82, 2.24) is 0 Å². The average molecular weight is 379 g/mol. The first-order chi connectivity index (χ1) is 12.6. The molecule has 5 heteroatoms. The Kier molecular flexibility index (Phi) is 4.34. The topological polar surface area (TPSA) is 87.0 Å². The van der Waals surface area contributed by atoms with Crippen molar-refractivity contribution in [3.05, 3.63) is 12.2 Å². The van der Waals surface area contributed by atoms with Crippen LogP contribution in [0.25, 0.3) is 0 Å². The van der Waals surface area contributed by atoms with Crippen molar-refractivity contribution in [1.29, 1.82) is 0 Å². The lowest BCUT2D eigenvalue weighted by Gasteiger charge is -2.66. The number of hydrogen-bond acceptors (Lipinski definition) is 5. The number of fused-ring (bicyclic) bond motifs is 3. The summed E-state index contributed by atoms with van der Waals surface area (Å²) in [7, 11) is 0. The van der Waals surface area contributed by atoms with Gasteiger partial charge in [0.15, 0.2) is 0 Å². The zero-order chi connectivity index (χ0) is 19.8. The maximum atomic E-state index is 11.5. The number of esters is 1. The summed E-state index contributed by atoms with van der Waals surface area (Å²) < 4.78 is 5.37. The van der Waals surface area contributed by atoms with E-state index in [1.165, 1.54) is 6.92 Å². The lowest BCUT2D eigenvalue weighted by atomic mass is 9.39. The Hall–Kier alpha value is -0.910. The molecule has 4 rings (SSSR count). The minimum Gasteiger partial charge on any atom is -0.465 e. The Morgan fingerprint density at radius 2 is 1.85 bits per heavy atom. The molecule has 3 N–H and O–H groups in total. The van der Waals surface area contributed by atoms with Crippen LogP contribution in [0.1, 0.15) is 59.3 Å². The second kappa shape index (κ2) is 6.04. The first-order valence-electron chi connectivity index (χ1n) is 10.4. The van der Waals surface area contributed by atoms with Gasteiger partial charge >= 0.3 is 5.97 Å². The fraction of sp³-hybridized carbons (Fsp3) is 0.864. The number of carbonyl (C=O) groups excluding carboxylic acids is 1. The standard InChI is InChI=1S/C22H34O5/c1-12-14-5-6-15-20(3)8-7-17(24)21(4,11-27-13(2)23)16(20)9-18(25)22(15,10-14)19(12)26/h14-19,24-26H,1,5-11H2,2-4H3. The molecule has 0 amide bonds. The van der Waals surface area contributed by atoms with Crippen molar-refractivity contribution in [3.63, 3.8) is 0 Å². The van der Waals surface area contributed by atoms with E-state index in [-0.39, 0.29) is 29.8 Å². The van der Waals surface area contributed by atoms with Crippen LogP contribution in [0, 0.1) is 34.0 Å². The first kappa shape index (κ1) is 19.4. The minimum atomic E-state index is -0.644. The van der Waals surface area contributed by atoms with E-state index in [2.05, 4.69) is 13.5 Å². The zero-order valence-corrected chi connectivity index (χ0v) is 16.8. The number of hydrogen-bond donors (Lipinski definition) is 3. The fourth-order valence-corrected chi connectivity index (χ4v) is 7.78. The van der Waals surface area contributed by atoms with Crippen molar-refractivity contribution in [2.45, 2.75) is 77.6 Å². The Morgan fingerprint density at radius 3 is 2.52 bits per heavy atom. The van der Waals surface area contributed by atoms with E-state index in [1.54, 1.807) is 0 Å². The fourth-order valence-electron chi connectivity index (χ4n) is 7.78. The summed E-state index contributed by atoms with van der Waals surface area (Å²) in [6.45, 7) is 10.0. The Bertz CT molecular complexity index is 661. The molecule has 2 bridgehead atoms. The van der Waals surface area contributed by atoms with Gasteiger partial charge in [0.2, 0.25) is 0 Å². The summed E-state index contributed by atoms with van der Waals surface area (Å²) in [6.07, 6.45) is 3.05. The third-order valence-electron chi connectivity index (χ3n) is 9.21. The van der Waals surface area contributed by atoms with E-state index in [0.717, 1.165) is 31.3 Å². The van der Waals surface area contributed by atoms with Crippen molar-refractivity contribution in [3.8, 4) is 0 Å². The summed E-state index contributed by atoms with van der Waals surface area (Å²) >= 11 is 0. The summed E-state index contributed by atoms with van der Waals surface area (Å²) in [5.74, 6) is 0.198. The third-order valence-corrected chi connectivity index (χ3v) is 9.21. The van der Waals surface area contributed by atoms with Gasteiger partial charge in [-0.05, 0) is 67.3 Å². The van der Waals surface area contributed by atoms with Gasteiger partial charge in [0, 0.05) is 17.8 Å². The molecule has 4 fully saturated rings. The Morgan fingerprint density at radius 1 is 1.15 bits per heavy atom. The highest BCUT2D eigenvalue weighted by atomic mass is 16.5. The zero-order valence-electron chi connectivity index (χ0n) is 16.8. The molecule has 0 aromatic heterocycles. The van der Waals surface area contributed by atoms with Gasteiger partial charge in [0.1, 0.15) is 0 Å². The highest BCUT2D eigenvalue weighted by molar-refractivity contribution is 5.65. The monoisotopic (exact) mass is 378 g/mol. The SMILES string of the molecule is C=C1C2CCC3C4(C)CCC(O)C(C)(COC(C)=O)C4CC(O)C3(C2)C1O. The average Bonchev–Trinajstić information content (AvgIpc) is 2.81. The van der Waals surface area contributed by atoms with Crippen molar-refractivity contribution in [2.24, 2.45) is 34.0 Å². The summed E-state index contributed by atoms with van der Waals surface area (Å²) in [4.78, 5) is 11.5. The second-order valence-electron chi connectivity index (χ2n) is 10.3. The molecule has 0 radical (unpaired) electrons.